The van der Waals surface area contributed by atoms with Crippen molar-refractivity contribution < 1.29 is 18.0 Å². The van der Waals surface area contributed by atoms with E-state index in [0.717, 1.165) is 36.4 Å². The van der Waals surface area contributed by atoms with Crippen molar-refractivity contribution in [2.75, 3.05) is 28.9 Å². The number of thioether (sulfide) groups is 1. The first kappa shape index (κ1) is 21.7. The third kappa shape index (κ3) is 5.04. The molecule has 7 nitrogen and oxygen atoms in total. The number of hydrogen-bond acceptors (Lipinski definition) is 5. The maximum absolute atomic E-state index is 12.8. The van der Waals surface area contributed by atoms with Gasteiger partial charge in [0.15, 0.2) is 0 Å². The van der Waals surface area contributed by atoms with Gasteiger partial charge in [-0.1, -0.05) is 12.1 Å². The van der Waals surface area contributed by atoms with Crippen molar-refractivity contribution in [3.8, 4) is 0 Å². The molecule has 0 radical (unpaired) electrons. The lowest BCUT2D eigenvalue weighted by molar-refractivity contribution is -0.133. The molecule has 0 saturated carbocycles. The van der Waals surface area contributed by atoms with Crippen molar-refractivity contribution in [1.82, 2.24) is 4.90 Å². The van der Waals surface area contributed by atoms with E-state index >= 15 is 0 Å². The standard InChI is InChI=1S/C22H25N3O4S2/c1-15-5-4-6-17(11-15)24-31(28,29)18-7-8-20-19(13-18)23-22(27)16(14-30-20)12-21(26)25-9-2-3-10-25/h4-8,11,13,16,24H,2-3,9-10,12,14H2,1H3,(H,23,27)/t16-/m0/s1. The van der Waals surface area contributed by atoms with Gasteiger partial charge in [-0.3, -0.25) is 14.3 Å². The molecule has 2 aliphatic heterocycles. The number of aryl methyl sites for hydroxylation is 1. The molecule has 2 aromatic rings. The van der Waals surface area contributed by atoms with E-state index in [1.165, 1.54) is 23.9 Å². The Bertz CT molecular complexity index is 1110. The highest BCUT2D eigenvalue weighted by atomic mass is 32.2. The second kappa shape index (κ2) is 8.92. The molecule has 9 heteroatoms. The SMILES string of the molecule is Cc1cccc(NS(=O)(=O)c2ccc3c(c2)NC(=O)[C@@H](CC(=O)N2CCCC2)CS3)c1. The Labute approximate surface area is 186 Å². The zero-order valence-electron chi connectivity index (χ0n) is 17.3. The van der Waals surface area contributed by atoms with Gasteiger partial charge in [0.2, 0.25) is 11.8 Å². The molecule has 0 bridgehead atoms. The highest BCUT2D eigenvalue weighted by molar-refractivity contribution is 7.99. The van der Waals surface area contributed by atoms with Crippen LogP contribution in [0.15, 0.2) is 52.3 Å². The van der Waals surface area contributed by atoms with Crippen molar-refractivity contribution in [3.63, 3.8) is 0 Å². The number of nitrogens with one attached hydrogen (secondary N) is 2. The molecule has 2 aromatic carbocycles. The van der Waals surface area contributed by atoms with E-state index in [2.05, 4.69) is 10.0 Å². The van der Waals surface area contributed by atoms with Crippen LogP contribution in [0.3, 0.4) is 0 Å². The summed E-state index contributed by atoms with van der Waals surface area (Å²) < 4.78 is 28.3. The molecule has 1 saturated heterocycles. The highest BCUT2D eigenvalue weighted by Gasteiger charge is 2.30. The largest absolute Gasteiger partial charge is 0.343 e. The highest BCUT2D eigenvalue weighted by Crippen LogP contribution is 2.35. The molecule has 0 aliphatic carbocycles. The third-order valence-electron chi connectivity index (χ3n) is 5.48. The molecule has 2 heterocycles. The Balaban J connectivity index is 1.49. The Kier molecular flexibility index (Phi) is 6.24. The summed E-state index contributed by atoms with van der Waals surface area (Å²) in [6.07, 6.45) is 2.19. The van der Waals surface area contributed by atoms with Crippen LogP contribution in [-0.2, 0) is 19.6 Å². The predicted octanol–water partition coefficient (Wildman–Crippen LogP) is 3.47. The Hall–Kier alpha value is -2.52. The summed E-state index contributed by atoms with van der Waals surface area (Å²) in [5, 5.41) is 2.83. The number of nitrogens with zero attached hydrogens (tertiary/aromatic N) is 1. The molecule has 0 unspecified atom stereocenters. The molecule has 2 N–H and O–H groups in total. The van der Waals surface area contributed by atoms with Gasteiger partial charge in [0.05, 0.1) is 16.5 Å². The monoisotopic (exact) mass is 459 g/mol. The molecule has 0 spiro atoms. The number of carbonyl (C=O) groups excluding carboxylic acids is 2. The zero-order chi connectivity index (χ0) is 22.0. The molecule has 2 amide bonds. The molecule has 1 atom stereocenters. The van der Waals surface area contributed by atoms with Crippen molar-refractivity contribution in [3.05, 3.63) is 48.0 Å². The Morgan fingerprint density at radius 1 is 1.19 bits per heavy atom. The summed E-state index contributed by atoms with van der Waals surface area (Å²) in [4.78, 5) is 27.9. The first-order valence-electron chi connectivity index (χ1n) is 10.3. The van der Waals surface area contributed by atoms with Gasteiger partial charge in [-0.15, -0.1) is 11.8 Å². The van der Waals surface area contributed by atoms with E-state index < -0.39 is 15.9 Å². The van der Waals surface area contributed by atoms with Gasteiger partial charge in [-0.25, -0.2) is 8.42 Å². The fraction of sp³-hybridized carbons (Fsp3) is 0.364. The van der Waals surface area contributed by atoms with Gasteiger partial charge in [0, 0.05) is 35.8 Å². The van der Waals surface area contributed by atoms with Crippen molar-refractivity contribution in [2.24, 2.45) is 5.92 Å². The summed E-state index contributed by atoms with van der Waals surface area (Å²) in [6, 6.07) is 11.8. The Morgan fingerprint density at radius 2 is 1.97 bits per heavy atom. The zero-order valence-corrected chi connectivity index (χ0v) is 18.9. The molecule has 0 aromatic heterocycles. The quantitative estimate of drug-likeness (QED) is 0.714. The second-order valence-electron chi connectivity index (χ2n) is 7.92. The third-order valence-corrected chi connectivity index (χ3v) is 8.10. The van der Waals surface area contributed by atoms with Crippen LogP contribution in [0.4, 0.5) is 11.4 Å². The maximum atomic E-state index is 12.8. The van der Waals surface area contributed by atoms with Gasteiger partial charge >= 0.3 is 0 Å². The molecule has 4 rings (SSSR count). The average molecular weight is 460 g/mol. The molecule has 1 fully saturated rings. The van der Waals surface area contributed by atoms with Gasteiger partial charge in [-0.2, -0.15) is 0 Å². The minimum atomic E-state index is -3.81. The normalized spacial score (nSPS) is 18.8. The summed E-state index contributed by atoms with van der Waals surface area (Å²) in [5.74, 6) is -0.211. The number of hydrogen-bond donors (Lipinski definition) is 2. The van der Waals surface area contributed by atoms with E-state index in [4.69, 9.17) is 0 Å². The predicted molar refractivity (Wildman–Crippen MR) is 122 cm³/mol. The minimum Gasteiger partial charge on any atom is -0.343 e. The number of fused-ring (bicyclic) bond motifs is 1. The van der Waals surface area contributed by atoms with Crippen LogP contribution in [0, 0.1) is 12.8 Å². The summed E-state index contributed by atoms with van der Waals surface area (Å²) in [6.45, 7) is 3.41. The van der Waals surface area contributed by atoms with Gasteiger partial charge in [0.25, 0.3) is 10.0 Å². The van der Waals surface area contributed by atoms with Gasteiger partial charge in [-0.05, 0) is 55.7 Å². The number of sulfonamides is 1. The van der Waals surface area contributed by atoms with Crippen molar-refractivity contribution >= 4 is 45.0 Å². The lowest BCUT2D eigenvalue weighted by atomic mass is 10.1. The smallest absolute Gasteiger partial charge is 0.261 e. The molecular weight excluding hydrogens is 434 g/mol. The van der Waals surface area contributed by atoms with E-state index in [1.807, 2.05) is 17.9 Å². The van der Waals surface area contributed by atoms with Gasteiger partial charge in [0.1, 0.15) is 0 Å². The van der Waals surface area contributed by atoms with Crippen LogP contribution in [0.2, 0.25) is 0 Å². The van der Waals surface area contributed by atoms with E-state index in [0.29, 0.717) is 17.1 Å². The van der Waals surface area contributed by atoms with Crippen LogP contribution in [0.1, 0.15) is 24.8 Å². The number of rotatable bonds is 5. The van der Waals surface area contributed by atoms with Crippen LogP contribution in [0.25, 0.3) is 0 Å². The van der Waals surface area contributed by atoms with Gasteiger partial charge < -0.3 is 10.2 Å². The Morgan fingerprint density at radius 3 is 2.71 bits per heavy atom. The first-order chi connectivity index (χ1) is 14.8. The maximum Gasteiger partial charge on any atom is 0.261 e. The number of anilines is 2. The average Bonchev–Trinajstić information content (AvgIpc) is 3.21. The number of likely N-dealkylation sites (tertiary alicyclic amines) is 1. The van der Waals surface area contributed by atoms with E-state index in [9.17, 15) is 18.0 Å². The van der Waals surface area contributed by atoms with E-state index in [-0.39, 0.29) is 23.1 Å². The molecular formula is C22H25N3O4S2. The summed E-state index contributed by atoms with van der Waals surface area (Å²) in [5.41, 5.74) is 1.88. The van der Waals surface area contributed by atoms with Crippen molar-refractivity contribution in [2.45, 2.75) is 36.0 Å². The topological polar surface area (TPSA) is 95.6 Å². The lowest BCUT2D eigenvalue weighted by Crippen LogP contribution is -2.33. The number of carbonyl (C=O) groups is 2. The van der Waals surface area contributed by atoms with Crippen LogP contribution < -0.4 is 10.0 Å². The summed E-state index contributed by atoms with van der Waals surface area (Å²) in [7, 11) is -3.81. The first-order valence-corrected chi connectivity index (χ1v) is 12.7. The summed E-state index contributed by atoms with van der Waals surface area (Å²) >= 11 is 1.46. The minimum absolute atomic E-state index is 0.00910. The van der Waals surface area contributed by atoms with Crippen LogP contribution in [-0.4, -0.2) is 44.0 Å². The number of amides is 2. The fourth-order valence-corrected chi connectivity index (χ4v) is 5.94. The molecule has 2 aliphatic rings. The second-order valence-corrected chi connectivity index (χ2v) is 10.7. The molecule has 31 heavy (non-hydrogen) atoms. The van der Waals surface area contributed by atoms with Crippen molar-refractivity contribution in [1.29, 1.82) is 0 Å². The fourth-order valence-electron chi connectivity index (χ4n) is 3.78. The number of benzene rings is 2. The lowest BCUT2D eigenvalue weighted by Gasteiger charge is -2.18. The van der Waals surface area contributed by atoms with Crippen LogP contribution >= 0.6 is 11.8 Å². The van der Waals surface area contributed by atoms with E-state index in [1.54, 1.807) is 24.3 Å². The molecule has 164 valence electrons. The van der Waals surface area contributed by atoms with Crippen LogP contribution in [0.5, 0.6) is 0 Å².